The van der Waals surface area contributed by atoms with Crippen LogP contribution in [0.2, 0.25) is 0 Å². The molecule has 0 bridgehead atoms. The fraction of sp³-hybridized carbons (Fsp3) is 0.929. The fourth-order valence-corrected chi connectivity index (χ4v) is 2.39. The molecule has 1 saturated carbocycles. The van der Waals surface area contributed by atoms with Gasteiger partial charge in [-0.2, -0.15) is 0 Å². The molecular weight excluding hydrogens is 244 g/mol. The molecule has 2 atom stereocenters. The molecular formula is C14H28N2O3. The Morgan fingerprint density at radius 2 is 2.11 bits per heavy atom. The lowest BCUT2D eigenvalue weighted by Crippen LogP contribution is -2.48. The third-order valence-corrected chi connectivity index (χ3v) is 3.44. The monoisotopic (exact) mass is 272 g/mol. The van der Waals surface area contributed by atoms with Crippen molar-refractivity contribution in [1.29, 1.82) is 0 Å². The lowest BCUT2D eigenvalue weighted by atomic mass is 9.85. The molecule has 0 saturated heterocycles. The fourth-order valence-electron chi connectivity index (χ4n) is 2.39. The maximum atomic E-state index is 11.7. The predicted molar refractivity (Wildman–Crippen MR) is 75.0 cm³/mol. The second-order valence-electron chi connectivity index (χ2n) is 5.70. The van der Waals surface area contributed by atoms with Crippen molar-refractivity contribution in [2.75, 3.05) is 26.4 Å². The van der Waals surface area contributed by atoms with Crippen LogP contribution in [0.5, 0.6) is 0 Å². The Morgan fingerprint density at radius 3 is 2.79 bits per heavy atom. The average Bonchev–Trinajstić information content (AvgIpc) is 2.38. The molecule has 0 aromatic carbocycles. The third kappa shape index (κ3) is 6.78. The smallest absolute Gasteiger partial charge is 0.315 e. The van der Waals surface area contributed by atoms with Gasteiger partial charge in [0.15, 0.2) is 0 Å². The van der Waals surface area contributed by atoms with E-state index in [0.29, 0.717) is 19.1 Å². The minimum atomic E-state index is -0.154. The van der Waals surface area contributed by atoms with Crippen molar-refractivity contribution in [3.8, 4) is 0 Å². The summed E-state index contributed by atoms with van der Waals surface area (Å²) >= 11 is 0. The minimum Gasteiger partial charge on any atom is -0.396 e. The van der Waals surface area contributed by atoms with E-state index < -0.39 is 0 Å². The molecule has 5 heteroatoms. The Labute approximate surface area is 116 Å². The van der Waals surface area contributed by atoms with E-state index in [1.165, 1.54) is 0 Å². The normalized spacial score (nSPS) is 23.4. The molecule has 0 aromatic heterocycles. The van der Waals surface area contributed by atoms with Gasteiger partial charge in [0.2, 0.25) is 0 Å². The lowest BCUT2D eigenvalue weighted by Gasteiger charge is -2.30. The maximum Gasteiger partial charge on any atom is 0.315 e. The van der Waals surface area contributed by atoms with Gasteiger partial charge in [-0.15, -0.1) is 0 Å². The number of hydrogen-bond acceptors (Lipinski definition) is 3. The highest BCUT2D eigenvalue weighted by atomic mass is 16.5. The van der Waals surface area contributed by atoms with Gasteiger partial charge in [-0.25, -0.2) is 4.79 Å². The Bertz CT molecular complexity index is 259. The highest BCUT2D eigenvalue weighted by Gasteiger charge is 2.25. The molecule has 0 spiro atoms. The highest BCUT2D eigenvalue weighted by molar-refractivity contribution is 5.74. The molecule has 19 heavy (non-hydrogen) atoms. The van der Waals surface area contributed by atoms with Crippen LogP contribution in [-0.4, -0.2) is 43.5 Å². The molecule has 1 fully saturated rings. The number of ether oxygens (including phenoxy) is 1. The summed E-state index contributed by atoms with van der Waals surface area (Å²) in [5.74, 6) is 0.720. The molecule has 0 radical (unpaired) electrons. The zero-order valence-electron chi connectivity index (χ0n) is 12.2. The Balaban J connectivity index is 2.12. The molecule has 3 N–H and O–H groups in total. The van der Waals surface area contributed by atoms with Gasteiger partial charge in [0.05, 0.1) is 6.61 Å². The van der Waals surface area contributed by atoms with Crippen molar-refractivity contribution < 1.29 is 14.6 Å². The number of rotatable bonds is 7. The standard InChI is InChI=1S/C14H28N2O3/c1-11(2)10-19-8-7-15-14(18)16-13-6-4-3-5-12(13)9-17/h11-13,17H,3-10H2,1-2H3,(H2,15,16,18). The topological polar surface area (TPSA) is 70.6 Å². The van der Waals surface area contributed by atoms with Crippen molar-refractivity contribution in [2.24, 2.45) is 11.8 Å². The van der Waals surface area contributed by atoms with E-state index in [4.69, 9.17) is 4.74 Å². The minimum absolute atomic E-state index is 0.107. The van der Waals surface area contributed by atoms with Gasteiger partial charge in [0, 0.05) is 31.7 Å². The van der Waals surface area contributed by atoms with Crippen LogP contribution in [0, 0.1) is 11.8 Å². The summed E-state index contributed by atoms with van der Waals surface area (Å²) in [6, 6.07) is -0.0474. The van der Waals surface area contributed by atoms with Crippen LogP contribution in [-0.2, 0) is 4.74 Å². The molecule has 0 aromatic rings. The second-order valence-corrected chi connectivity index (χ2v) is 5.70. The summed E-state index contributed by atoms with van der Waals surface area (Å²) in [6.07, 6.45) is 4.23. The summed E-state index contributed by atoms with van der Waals surface area (Å²) in [5.41, 5.74) is 0. The number of hydrogen-bond donors (Lipinski definition) is 3. The number of carbonyl (C=O) groups excluding carboxylic acids is 1. The van der Waals surface area contributed by atoms with Crippen LogP contribution >= 0.6 is 0 Å². The van der Waals surface area contributed by atoms with Crippen molar-refractivity contribution in [2.45, 2.75) is 45.6 Å². The van der Waals surface area contributed by atoms with Crippen molar-refractivity contribution in [3.05, 3.63) is 0 Å². The molecule has 0 heterocycles. The van der Waals surface area contributed by atoms with E-state index in [1.54, 1.807) is 0 Å². The van der Waals surface area contributed by atoms with E-state index in [1.807, 2.05) is 0 Å². The zero-order valence-corrected chi connectivity index (χ0v) is 12.2. The van der Waals surface area contributed by atoms with Gasteiger partial charge in [-0.1, -0.05) is 26.7 Å². The second kappa shape index (κ2) is 9.15. The number of amides is 2. The number of aliphatic hydroxyl groups is 1. The number of nitrogens with one attached hydrogen (secondary N) is 2. The molecule has 112 valence electrons. The van der Waals surface area contributed by atoms with Crippen molar-refractivity contribution in [1.82, 2.24) is 10.6 Å². The van der Waals surface area contributed by atoms with Crippen LogP contribution in [0.4, 0.5) is 4.79 Å². The van der Waals surface area contributed by atoms with Gasteiger partial charge in [0.1, 0.15) is 0 Å². The van der Waals surface area contributed by atoms with Gasteiger partial charge in [-0.3, -0.25) is 0 Å². The summed E-state index contributed by atoms with van der Waals surface area (Å²) in [6.45, 7) is 6.13. The van der Waals surface area contributed by atoms with Gasteiger partial charge in [-0.05, 0) is 18.8 Å². The molecule has 5 nitrogen and oxygen atoms in total. The molecule has 1 aliphatic rings. The van der Waals surface area contributed by atoms with Crippen LogP contribution in [0.1, 0.15) is 39.5 Å². The van der Waals surface area contributed by atoms with Crippen LogP contribution in [0.3, 0.4) is 0 Å². The summed E-state index contributed by atoms with van der Waals surface area (Å²) < 4.78 is 5.40. The summed E-state index contributed by atoms with van der Waals surface area (Å²) in [5, 5.41) is 15.0. The van der Waals surface area contributed by atoms with E-state index in [-0.39, 0.29) is 24.6 Å². The van der Waals surface area contributed by atoms with Crippen LogP contribution in [0.25, 0.3) is 0 Å². The van der Waals surface area contributed by atoms with Gasteiger partial charge in [0.25, 0.3) is 0 Å². The molecule has 0 aliphatic heterocycles. The maximum absolute atomic E-state index is 11.7. The quantitative estimate of drug-likeness (QED) is 0.615. The molecule has 2 amide bonds. The average molecular weight is 272 g/mol. The Kier molecular flexibility index (Phi) is 7.82. The van der Waals surface area contributed by atoms with Crippen molar-refractivity contribution >= 4 is 6.03 Å². The molecule has 1 rings (SSSR count). The van der Waals surface area contributed by atoms with E-state index >= 15 is 0 Å². The first-order valence-electron chi connectivity index (χ1n) is 7.36. The highest BCUT2D eigenvalue weighted by Crippen LogP contribution is 2.23. The third-order valence-electron chi connectivity index (χ3n) is 3.44. The Morgan fingerprint density at radius 1 is 1.37 bits per heavy atom. The summed E-state index contributed by atoms with van der Waals surface area (Å²) in [4.78, 5) is 11.7. The first-order chi connectivity index (χ1) is 9.13. The predicted octanol–water partition coefficient (Wildman–Crippen LogP) is 1.51. The van der Waals surface area contributed by atoms with Crippen LogP contribution < -0.4 is 10.6 Å². The number of urea groups is 1. The first-order valence-corrected chi connectivity index (χ1v) is 7.36. The van der Waals surface area contributed by atoms with E-state index in [2.05, 4.69) is 24.5 Å². The number of aliphatic hydroxyl groups excluding tert-OH is 1. The largest absolute Gasteiger partial charge is 0.396 e. The van der Waals surface area contributed by atoms with Gasteiger partial charge < -0.3 is 20.5 Å². The van der Waals surface area contributed by atoms with E-state index in [9.17, 15) is 9.90 Å². The number of carbonyl (C=O) groups is 1. The zero-order chi connectivity index (χ0) is 14.1. The Hall–Kier alpha value is -0.810. The van der Waals surface area contributed by atoms with E-state index in [0.717, 1.165) is 32.3 Å². The molecule has 1 aliphatic carbocycles. The van der Waals surface area contributed by atoms with Crippen LogP contribution in [0.15, 0.2) is 0 Å². The SMILES string of the molecule is CC(C)COCCNC(=O)NC1CCCCC1CO. The lowest BCUT2D eigenvalue weighted by molar-refractivity contribution is 0.112. The summed E-state index contributed by atoms with van der Waals surface area (Å²) in [7, 11) is 0. The first kappa shape index (κ1) is 16.2. The molecule has 2 unspecified atom stereocenters. The van der Waals surface area contributed by atoms with Gasteiger partial charge >= 0.3 is 6.03 Å². The van der Waals surface area contributed by atoms with Crippen molar-refractivity contribution in [3.63, 3.8) is 0 Å².